The Hall–Kier alpha value is -2.75. The molecule has 2 atom stereocenters. The number of carbonyl (C=O) groups excluding carboxylic acids is 1. The number of nitrogens with one attached hydrogen (secondary N) is 1. The minimum absolute atomic E-state index is 0.0743. The summed E-state index contributed by atoms with van der Waals surface area (Å²) in [5.41, 5.74) is 5.58. The van der Waals surface area contributed by atoms with Crippen molar-refractivity contribution in [2.45, 2.75) is 32.7 Å². The van der Waals surface area contributed by atoms with Crippen LogP contribution in [0.15, 0.2) is 17.3 Å². The number of rotatable bonds is 4. The highest BCUT2D eigenvalue weighted by atomic mass is 16.2. The van der Waals surface area contributed by atoms with Gasteiger partial charge < -0.3 is 20.5 Å². The molecule has 1 saturated heterocycles. The second kappa shape index (κ2) is 8.38. The molecule has 0 radical (unpaired) electrons. The lowest BCUT2D eigenvalue weighted by atomic mass is 9.92. The average molecular weight is 342 g/mol. The molecule has 3 N–H and O–H groups in total. The van der Waals surface area contributed by atoms with Gasteiger partial charge in [0.15, 0.2) is 0 Å². The van der Waals surface area contributed by atoms with Gasteiger partial charge in [0.25, 0.3) is 0 Å². The second-order valence-electron chi connectivity index (χ2n) is 6.31. The topological polar surface area (TPSA) is 102 Å². The molecule has 1 aliphatic heterocycles. The third-order valence-corrected chi connectivity index (χ3v) is 4.84. The van der Waals surface area contributed by atoms with Gasteiger partial charge in [0.2, 0.25) is 5.91 Å². The molecule has 7 nitrogen and oxygen atoms in total. The summed E-state index contributed by atoms with van der Waals surface area (Å²) in [5.74, 6) is 1.05. The van der Waals surface area contributed by atoms with Gasteiger partial charge in [0.1, 0.15) is 12.2 Å². The quantitative estimate of drug-likeness (QED) is 0.592. The maximum Gasteiger partial charge on any atom is 0.236 e. The summed E-state index contributed by atoms with van der Waals surface area (Å²) in [7, 11) is 1.98. The van der Waals surface area contributed by atoms with E-state index in [-0.39, 0.29) is 18.4 Å². The van der Waals surface area contributed by atoms with Crippen molar-refractivity contribution in [3.8, 4) is 6.07 Å². The Morgan fingerprint density at radius 2 is 2.40 bits per heavy atom. The van der Waals surface area contributed by atoms with E-state index in [1.807, 2.05) is 38.4 Å². The van der Waals surface area contributed by atoms with Gasteiger partial charge in [-0.25, -0.2) is 4.99 Å². The number of likely N-dealkylation sites (tertiary alicyclic amines) is 1. The summed E-state index contributed by atoms with van der Waals surface area (Å²) < 4.78 is 0. The molecule has 1 amide bonds. The zero-order chi connectivity index (χ0) is 18.4. The number of nitrogens with two attached hydrogens (primary N) is 1. The maximum atomic E-state index is 12.1. The van der Waals surface area contributed by atoms with Gasteiger partial charge in [-0.1, -0.05) is 13.0 Å². The SMILES string of the molecule is C/C=c1/[nH]cc/c1=C(/N=CN)N(C)[C@H]1CN(C(=O)CC#N)CC[C@H]1C. The summed E-state index contributed by atoms with van der Waals surface area (Å²) >= 11 is 0. The summed E-state index contributed by atoms with van der Waals surface area (Å²) in [4.78, 5) is 23.6. The van der Waals surface area contributed by atoms with Crippen molar-refractivity contribution in [2.24, 2.45) is 16.6 Å². The van der Waals surface area contributed by atoms with E-state index in [2.05, 4.69) is 21.8 Å². The molecule has 0 saturated carbocycles. The molecule has 1 fully saturated rings. The number of aromatic nitrogens is 1. The molecular weight excluding hydrogens is 316 g/mol. The molecule has 2 rings (SSSR count). The van der Waals surface area contributed by atoms with Crippen LogP contribution in [0.3, 0.4) is 0 Å². The van der Waals surface area contributed by atoms with Crippen LogP contribution in [0.2, 0.25) is 0 Å². The Labute approximate surface area is 148 Å². The first-order valence-corrected chi connectivity index (χ1v) is 8.49. The van der Waals surface area contributed by atoms with Gasteiger partial charge in [-0.05, 0) is 25.3 Å². The monoisotopic (exact) mass is 342 g/mol. The van der Waals surface area contributed by atoms with E-state index in [0.29, 0.717) is 19.0 Å². The molecule has 0 unspecified atom stereocenters. The van der Waals surface area contributed by atoms with Crippen molar-refractivity contribution in [3.05, 3.63) is 22.8 Å². The van der Waals surface area contributed by atoms with Gasteiger partial charge in [-0.15, -0.1) is 0 Å². The lowest BCUT2D eigenvalue weighted by Gasteiger charge is -2.42. The average Bonchev–Trinajstić information content (AvgIpc) is 3.08. The number of nitrogens with zero attached hydrogens (tertiary/aromatic N) is 4. The molecule has 0 aliphatic carbocycles. The molecule has 2 heterocycles. The van der Waals surface area contributed by atoms with E-state index in [9.17, 15) is 4.79 Å². The third kappa shape index (κ3) is 4.02. The van der Waals surface area contributed by atoms with Gasteiger partial charge in [-0.2, -0.15) is 5.26 Å². The Balaban J connectivity index is 2.39. The van der Waals surface area contributed by atoms with E-state index in [1.54, 1.807) is 4.90 Å². The Morgan fingerprint density at radius 3 is 3.04 bits per heavy atom. The van der Waals surface area contributed by atoms with E-state index < -0.39 is 0 Å². The van der Waals surface area contributed by atoms with Crippen LogP contribution < -0.4 is 16.3 Å². The van der Waals surface area contributed by atoms with E-state index >= 15 is 0 Å². The molecular formula is C18H26N6O. The Bertz CT molecular complexity index is 787. The Morgan fingerprint density at radius 1 is 1.64 bits per heavy atom. The number of aromatic amines is 1. The standard InChI is InChI=1S/C18H26N6O/c1-4-15-14(6-9-21-15)18(22-12-20)23(3)16-11-24(10-7-13(16)2)17(25)5-8-19/h4,6,9,12-13,16,21H,5,7,10-11H2,1-3H3,(H2,20,22)/b15-4+,18-14+/t13-,16+/m1/s1. The van der Waals surface area contributed by atoms with E-state index in [1.165, 1.54) is 6.34 Å². The summed E-state index contributed by atoms with van der Waals surface area (Å²) in [6.07, 6.45) is 5.98. The fourth-order valence-electron chi connectivity index (χ4n) is 3.35. The van der Waals surface area contributed by atoms with Crippen LogP contribution in [0, 0.1) is 17.2 Å². The second-order valence-corrected chi connectivity index (χ2v) is 6.31. The predicted molar refractivity (Wildman–Crippen MR) is 98.4 cm³/mol. The minimum Gasteiger partial charge on any atom is -0.390 e. The van der Waals surface area contributed by atoms with Crippen molar-refractivity contribution in [1.82, 2.24) is 14.8 Å². The number of piperidine rings is 1. The first-order chi connectivity index (χ1) is 12.0. The molecule has 134 valence electrons. The fourth-order valence-corrected chi connectivity index (χ4v) is 3.35. The van der Waals surface area contributed by atoms with Crippen molar-refractivity contribution in [2.75, 3.05) is 20.1 Å². The molecule has 1 aliphatic rings. The Kier molecular flexibility index (Phi) is 6.23. The molecule has 0 bridgehead atoms. The summed E-state index contributed by atoms with van der Waals surface area (Å²) in [5, 5.41) is 10.7. The number of nitriles is 1. The predicted octanol–water partition coefficient (Wildman–Crippen LogP) is -0.0497. The third-order valence-electron chi connectivity index (χ3n) is 4.84. The van der Waals surface area contributed by atoms with Crippen LogP contribution in [-0.2, 0) is 4.79 Å². The number of hydrogen-bond acceptors (Lipinski definition) is 4. The molecule has 1 aromatic heterocycles. The van der Waals surface area contributed by atoms with Crippen molar-refractivity contribution in [1.29, 1.82) is 5.26 Å². The van der Waals surface area contributed by atoms with Crippen LogP contribution in [0.5, 0.6) is 0 Å². The van der Waals surface area contributed by atoms with Gasteiger partial charge in [-0.3, -0.25) is 4.79 Å². The molecule has 7 heteroatoms. The van der Waals surface area contributed by atoms with Gasteiger partial charge in [0, 0.05) is 36.9 Å². The zero-order valence-corrected chi connectivity index (χ0v) is 15.1. The highest BCUT2D eigenvalue weighted by molar-refractivity contribution is 5.78. The molecule has 1 aromatic rings. The number of carbonyl (C=O) groups is 1. The van der Waals surface area contributed by atoms with Gasteiger partial charge in [0.05, 0.1) is 18.4 Å². The smallest absolute Gasteiger partial charge is 0.236 e. The lowest BCUT2D eigenvalue weighted by molar-refractivity contribution is -0.132. The molecule has 25 heavy (non-hydrogen) atoms. The van der Waals surface area contributed by atoms with Crippen LogP contribution in [0.1, 0.15) is 26.7 Å². The van der Waals surface area contributed by atoms with E-state index in [0.717, 1.165) is 22.8 Å². The number of H-pyrrole nitrogens is 1. The highest BCUT2D eigenvalue weighted by Crippen LogP contribution is 2.24. The number of amides is 1. The van der Waals surface area contributed by atoms with Crippen molar-refractivity contribution >= 4 is 24.1 Å². The first-order valence-electron chi connectivity index (χ1n) is 8.49. The molecule has 0 spiro atoms. The van der Waals surface area contributed by atoms with Gasteiger partial charge >= 0.3 is 0 Å². The van der Waals surface area contributed by atoms with Crippen molar-refractivity contribution in [3.63, 3.8) is 0 Å². The van der Waals surface area contributed by atoms with Crippen LogP contribution in [-0.4, -0.2) is 53.2 Å². The summed E-state index contributed by atoms with van der Waals surface area (Å²) in [6.45, 7) is 5.42. The summed E-state index contributed by atoms with van der Waals surface area (Å²) in [6, 6.07) is 4.02. The van der Waals surface area contributed by atoms with Crippen LogP contribution >= 0.6 is 0 Å². The normalized spacial score (nSPS) is 22.8. The lowest BCUT2D eigenvalue weighted by Crippen LogP contribution is -2.52. The largest absolute Gasteiger partial charge is 0.390 e. The highest BCUT2D eigenvalue weighted by Gasteiger charge is 2.32. The van der Waals surface area contributed by atoms with Crippen LogP contribution in [0.25, 0.3) is 11.9 Å². The minimum atomic E-state index is -0.110. The number of hydrogen-bond donors (Lipinski definition) is 2. The van der Waals surface area contributed by atoms with E-state index in [4.69, 9.17) is 11.0 Å². The first kappa shape index (κ1) is 18.6. The molecule has 0 aromatic carbocycles. The van der Waals surface area contributed by atoms with Crippen molar-refractivity contribution < 1.29 is 4.79 Å². The fraction of sp³-hybridized carbons (Fsp3) is 0.500. The number of likely N-dealkylation sites (N-methyl/N-ethyl adjacent to an activating group) is 1. The van der Waals surface area contributed by atoms with Crippen LogP contribution in [0.4, 0.5) is 0 Å². The maximum absolute atomic E-state index is 12.1. The number of aliphatic imine (C=N–C) groups is 1. The zero-order valence-electron chi connectivity index (χ0n) is 15.1.